The number of likely N-dealkylation sites (N-methyl/N-ethyl adjacent to an activating group) is 1. The molecule has 0 amide bonds. The lowest BCUT2D eigenvalue weighted by Gasteiger charge is -2.10. The van der Waals surface area contributed by atoms with Crippen LogP contribution in [0.2, 0.25) is 5.02 Å². The number of nitrogens with zero attached hydrogens (tertiary/aromatic N) is 2. The zero-order valence-corrected chi connectivity index (χ0v) is 12.1. The molecule has 1 aromatic rings. The van der Waals surface area contributed by atoms with E-state index in [9.17, 15) is 0 Å². The van der Waals surface area contributed by atoms with Gasteiger partial charge in [-0.25, -0.2) is 0 Å². The van der Waals surface area contributed by atoms with Crippen LogP contribution < -0.4 is 4.74 Å². The molecule has 0 unspecified atom stereocenters. The largest absolute Gasteiger partial charge is 0.493 e. The third-order valence-corrected chi connectivity index (χ3v) is 3.11. The van der Waals surface area contributed by atoms with Gasteiger partial charge >= 0.3 is 0 Å². The van der Waals surface area contributed by atoms with E-state index in [2.05, 4.69) is 10.1 Å². The van der Waals surface area contributed by atoms with Gasteiger partial charge in [-0.15, -0.1) is 0 Å². The number of hydrogen-bond acceptors (Lipinski definition) is 4. The monoisotopic (exact) mass is 282 g/mol. The van der Waals surface area contributed by atoms with E-state index in [1.54, 1.807) is 0 Å². The first-order valence-corrected chi connectivity index (χ1v) is 6.81. The highest BCUT2D eigenvalue weighted by Gasteiger charge is 2.16. The molecular weight excluding hydrogens is 264 g/mol. The van der Waals surface area contributed by atoms with Crippen LogP contribution in [-0.2, 0) is 4.84 Å². The predicted octanol–water partition coefficient (Wildman–Crippen LogP) is 2.79. The highest BCUT2D eigenvalue weighted by atomic mass is 35.5. The summed E-state index contributed by atoms with van der Waals surface area (Å²) in [5.41, 5.74) is 1.91. The molecule has 4 nitrogen and oxygen atoms in total. The van der Waals surface area contributed by atoms with Gasteiger partial charge in [0.1, 0.15) is 12.4 Å². The van der Waals surface area contributed by atoms with Crippen LogP contribution in [-0.4, -0.2) is 44.5 Å². The Labute approximate surface area is 118 Å². The molecule has 1 aromatic carbocycles. The van der Waals surface area contributed by atoms with E-state index in [1.165, 1.54) is 0 Å². The Bertz CT molecular complexity index is 461. The van der Waals surface area contributed by atoms with Gasteiger partial charge in [-0.05, 0) is 45.1 Å². The van der Waals surface area contributed by atoms with Crippen LogP contribution in [0.15, 0.2) is 23.4 Å². The zero-order chi connectivity index (χ0) is 13.7. The number of benzene rings is 1. The Kier molecular flexibility index (Phi) is 5.05. The smallest absolute Gasteiger partial charge is 0.129 e. The number of ether oxygens (including phenoxy) is 1. The number of halogens is 1. The Morgan fingerprint density at radius 3 is 3.05 bits per heavy atom. The number of hydrogen-bond donors (Lipinski definition) is 0. The Balaban J connectivity index is 2.10. The average molecular weight is 283 g/mol. The fourth-order valence-corrected chi connectivity index (χ4v) is 2.01. The minimum atomic E-state index is 0.584. The minimum Gasteiger partial charge on any atom is -0.493 e. The highest BCUT2D eigenvalue weighted by molar-refractivity contribution is 6.30. The van der Waals surface area contributed by atoms with Gasteiger partial charge in [0.2, 0.25) is 0 Å². The third-order valence-electron chi connectivity index (χ3n) is 2.87. The minimum absolute atomic E-state index is 0.584. The fraction of sp³-hybridized carbons (Fsp3) is 0.500. The average Bonchev–Trinajstić information content (AvgIpc) is 2.56. The maximum Gasteiger partial charge on any atom is 0.129 e. The molecule has 0 saturated carbocycles. The molecule has 104 valence electrons. The molecule has 0 aliphatic carbocycles. The van der Waals surface area contributed by atoms with Gasteiger partial charge in [-0.3, -0.25) is 0 Å². The molecule has 0 saturated heterocycles. The topological polar surface area (TPSA) is 34.1 Å². The zero-order valence-electron chi connectivity index (χ0n) is 11.4. The molecule has 0 bridgehead atoms. The number of fused-ring (bicyclic) bond motifs is 1. The molecular formula is C14H19ClN2O2. The lowest BCUT2D eigenvalue weighted by atomic mass is 10.1. The second-order valence-corrected chi connectivity index (χ2v) is 5.20. The van der Waals surface area contributed by atoms with Crippen LogP contribution in [0.3, 0.4) is 0 Å². The maximum atomic E-state index is 5.98. The Hall–Kier alpha value is -1.26. The fourth-order valence-electron chi connectivity index (χ4n) is 1.85. The lowest BCUT2D eigenvalue weighted by molar-refractivity contribution is 0.125. The van der Waals surface area contributed by atoms with E-state index in [1.807, 2.05) is 32.3 Å². The van der Waals surface area contributed by atoms with Crippen molar-refractivity contribution in [3.63, 3.8) is 0 Å². The van der Waals surface area contributed by atoms with Gasteiger partial charge in [0, 0.05) is 17.1 Å². The van der Waals surface area contributed by atoms with Crippen LogP contribution in [0.25, 0.3) is 0 Å². The molecule has 0 N–H and O–H groups in total. The molecule has 2 rings (SSSR count). The Morgan fingerprint density at radius 1 is 1.42 bits per heavy atom. The summed E-state index contributed by atoms with van der Waals surface area (Å²) < 4.78 is 5.67. The summed E-state index contributed by atoms with van der Waals surface area (Å²) in [4.78, 5) is 7.44. The molecule has 5 heteroatoms. The van der Waals surface area contributed by atoms with Crippen LogP contribution >= 0.6 is 11.6 Å². The van der Waals surface area contributed by atoms with E-state index in [-0.39, 0.29) is 0 Å². The predicted molar refractivity (Wildman–Crippen MR) is 77.2 cm³/mol. The number of oxime groups is 1. The van der Waals surface area contributed by atoms with Crippen molar-refractivity contribution < 1.29 is 9.57 Å². The van der Waals surface area contributed by atoms with E-state index in [0.29, 0.717) is 18.2 Å². The maximum absolute atomic E-state index is 5.98. The molecule has 1 heterocycles. The van der Waals surface area contributed by atoms with Crippen LogP contribution in [0, 0.1) is 0 Å². The molecule has 19 heavy (non-hydrogen) atoms. The number of rotatable bonds is 4. The van der Waals surface area contributed by atoms with Gasteiger partial charge in [-0.2, -0.15) is 0 Å². The molecule has 0 radical (unpaired) electrons. The van der Waals surface area contributed by atoms with E-state index in [0.717, 1.165) is 36.4 Å². The summed E-state index contributed by atoms with van der Waals surface area (Å²) >= 11 is 5.98. The molecule has 0 aromatic heterocycles. The summed E-state index contributed by atoms with van der Waals surface area (Å²) in [6.45, 7) is 2.12. The summed E-state index contributed by atoms with van der Waals surface area (Å²) in [6, 6.07) is 5.62. The van der Waals surface area contributed by atoms with Gasteiger partial charge in [0.05, 0.1) is 12.3 Å². The van der Waals surface area contributed by atoms with Gasteiger partial charge in [-0.1, -0.05) is 16.8 Å². The Morgan fingerprint density at radius 2 is 2.26 bits per heavy atom. The van der Waals surface area contributed by atoms with Crippen molar-refractivity contribution in [3.05, 3.63) is 28.8 Å². The van der Waals surface area contributed by atoms with Crippen molar-refractivity contribution in [1.29, 1.82) is 0 Å². The van der Waals surface area contributed by atoms with Gasteiger partial charge in [0.25, 0.3) is 0 Å². The normalized spacial score (nSPS) is 16.9. The summed E-state index contributed by atoms with van der Waals surface area (Å²) in [7, 11) is 4.01. The molecule has 1 aliphatic heterocycles. The second kappa shape index (κ2) is 6.78. The van der Waals surface area contributed by atoms with Crippen LogP contribution in [0.1, 0.15) is 18.4 Å². The molecule has 0 fully saturated rings. The van der Waals surface area contributed by atoms with Gasteiger partial charge in [0.15, 0.2) is 0 Å². The van der Waals surface area contributed by atoms with Crippen molar-refractivity contribution in [2.75, 3.05) is 33.9 Å². The second-order valence-electron chi connectivity index (χ2n) is 4.77. The van der Waals surface area contributed by atoms with Crippen molar-refractivity contribution in [3.8, 4) is 5.75 Å². The van der Waals surface area contributed by atoms with E-state index >= 15 is 0 Å². The highest BCUT2D eigenvalue weighted by Crippen LogP contribution is 2.27. The first kappa shape index (κ1) is 14.2. The quantitative estimate of drug-likeness (QED) is 0.629. The third kappa shape index (κ3) is 4.11. The lowest BCUT2D eigenvalue weighted by Crippen LogP contribution is -2.17. The molecule has 1 aliphatic rings. The van der Waals surface area contributed by atoms with E-state index in [4.69, 9.17) is 21.2 Å². The van der Waals surface area contributed by atoms with Crippen LogP contribution in [0.4, 0.5) is 0 Å². The first-order valence-electron chi connectivity index (χ1n) is 6.43. The van der Waals surface area contributed by atoms with Crippen molar-refractivity contribution in [1.82, 2.24) is 4.90 Å². The van der Waals surface area contributed by atoms with E-state index < -0.39 is 0 Å². The summed E-state index contributed by atoms with van der Waals surface area (Å²) in [5.74, 6) is 0.792. The summed E-state index contributed by atoms with van der Waals surface area (Å²) in [6.07, 6.45) is 1.79. The molecule has 0 spiro atoms. The first-order chi connectivity index (χ1) is 9.16. The SMILES string of the molecule is CN(C)CCON=C1CCCOc2cc(Cl)ccc21. The van der Waals surface area contributed by atoms with Crippen molar-refractivity contribution in [2.45, 2.75) is 12.8 Å². The van der Waals surface area contributed by atoms with Gasteiger partial charge < -0.3 is 14.5 Å². The molecule has 0 atom stereocenters. The van der Waals surface area contributed by atoms with Crippen molar-refractivity contribution in [2.24, 2.45) is 5.16 Å². The standard InChI is InChI=1S/C14H19ClN2O2/c1-17(2)7-9-19-16-13-4-3-8-18-14-10-11(15)5-6-12(13)14/h5-6,10H,3-4,7-9H2,1-2H3. The summed E-state index contributed by atoms with van der Waals surface area (Å²) in [5, 5.41) is 4.93. The van der Waals surface area contributed by atoms with Crippen LogP contribution in [0.5, 0.6) is 5.75 Å². The van der Waals surface area contributed by atoms with Crippen molar-refractivity contribution >= 4 is 17.3 Å².